The van der Waals surface area contributed by atoms with Crippen LogP contribution in [0.1, 0.15) is 34.5 Å². The van der Waals surface area contributed by atoms with Gasteiger partial charge in [0, 0.05) is 16.5 Å². The van der Waals surface area contributed by atoms with Gasteiger partial charge >= 0.3 is 0 Å². The van der Waals surface area contributed by atoms with E-state index < -0.39 is 0 Å². The van der Waals surface area contributed by atoms with E-state index in [9.17, 15) is 14.4 Å². The van der Waals surface area contributed by atoms with E-state index in [0.717, 1.165) is 31.2 Å². The summed E-state index contributed by atoms with van der Waals surface area (Å²) in [6, 6.07) is 9.79. The van der Waals surface area contributed by atoms with Crippen molar-refractivity contribution in [2.45, 2.75) is 32.3 Å². The highest BCUT2D eigenvalue weighted by molar-refractivity contribution is 7.16. The molecule has 1 amide bonds. The van der Waals surface area contributed by atoms with Crippen molar-refractivity contribution in [2.24, 2.45) is 0 Å². The normalized spacial score (nSPS) is 13.0. The SMILES string of the molecule is N#Cc1c(NC(=O)COCc2cc(-c3ccc(F)cc3)on2)sc2c1CCCC2. The van der Waals surface area contributed by atoms with Crippen LogP contribution in [-0.2, 0) is 29.0 Å². The number of rotatable bonds is 6. The molecule has 0 bridgehead atoms. The molecule has 2 heterocycles. The van der Waals surface area contributed by atoms with Crippen molar-refractivity contribution < 1.29 is 18.4 Å². The number of aryl methyl sites for hydroxylation is 1. The second-order valence-electron chi connectivity index (χ2n) is 6.76. The van der Waals surface area contributed by atoms with Crippen molar-refractivity contribution in [3.63, 3.8) is 0 Å². The number of hydrogen-bond acceptors (Lipinski definition) is 6. The lowest BCUT2D eigenvalue weighted by atomic mass is 9.96. The van der Waals surface area contributed by atoms with Crippen molar-refractivity contribution in [2.75, 3.05) is 11.9 Å². The number of amides is 1. The Balaban J connectivity index is 1.31. The maximum Gasteiger partial charge on any atom is 0.251 e. The molecule has 8 heteroatoms. The van der Waals surface area contributed by atoms with E-state index in [4.69, 9.17) is 9.26 Å². The van der Waals surface area contributed by atoms with Crippen LogP contribution < -0.4 is 5.32 Å². The lowest BCUT2D eigenvalue weighted by Crippen LogP contribution is -2.18. The average molecular weight is 411 g/mol. The minimum absolute atomic E-state index is 0.101. The van der Waals surface area contributed by atoms with Gasteiger partial charge in [-0.25, -0.2) is 4.39 Å². The first kappa shape index (κ1) is 19.3. The van der Waals surface area contributed by atoms with E-state index >= 15 is 0 Å². The maximum absolute atomic E-state index is 13.0. The number of nitrogens with one attached hydrogen (secondary N) is 1. The number of ether oxygens (including phenoxy) is 1. The van der Waals surface area contributed by atoms with Gasteiger partial charge in [0.15, 0.2) is 5.76 Å². The third kappa shape index (κ3) is 4.36. The molecular weight excluding hydrogens is 393 g/mol. The number of nitrogens with zero attached hydrogens (tertiary/aromatic N) is 2. The standard InChI is InChI=1S/C21H18FN3O3S/c22-14-7-5-13(6-8-14)18-9-15(25-28-18)11-27-12-20(26)24-21-17(10-23)16-3-1-2-4-19(16)29-21/h5-9H,1-4,11-12H2,(H,24,26). The summed E-state index contributed by atoms with van der Waals surface area (Å²) in [5.74, 6) is -0.146. The third-order valence-electron chi connectivity index (χ3n) is 4.71. The number of benzene rings is 1. The summed E-state index contributed by atoms with van der Waals surface area (Å²) < 4.78 is 23.7. The van der Waals surface area contributed by atoms with Gasteiger partial charge in [-0.05, 0) is 55.5 Å². The molecule has 0 aliphatic heterocycles. The first-order chi connectivity index (χ1) is 14.1. The number of halogens is 1. The van der Waals surface area contributed by atoms with E-state index in [1.54, 1.807) is 18.2 Å². The predicted molar refractivity (Wildman–Crippen MR) is 106 cm³/mol. The Kier molecular flexibility index (Phi) is 5.69. The van der Waals surface area contributed by atoms with Gasteiger partial charge in [0.2, 0.25) is 0 Å². The van der Waals surface area contributed by atoms with Gasteiger partial charge in [-0.15, -0.1) is 11.3 Å². The van der Waals surface area contributed by atoms with E-state index in [0.29, 0.717) is 27.6 Å². The molecule has 0 spiro atoms. The topological polar surface area (TPSA) is 88.2 Å². The zero-order valence-corrected chi connectivity index (χ0v) is 16.4. The number of carbonyl (C=O) groups excluding carboxylic acids is 1. The van der Waals surface area contributed by atoms with Crippen molar-refractivity contribution >= 4 is 22.2 Å². The van der Waals surface area contributed by atoms with Gasteiger partial charge < -0.3 is 14.6 Å². The number of aromatic nitrogens is 1. The summed E-state index contributed by atoms with van der Waals surface area (Å²) in [5, 5.41) is 16.7. The smallest absolute Gasteiger partial charge is 0.251 e. The fourth-order valence-corrected chi connectivity index (χ4v) is 4.57. The van der Waals surface area contributed by atoms with E-state index in [1.165, 1.54) is 28.3 Å². The quantitative estimate of drug-likeness (QED) is 0.647. The van der Waals surface area contributed by atoms with E-state index in [2.05, 4.69) is 16.5 Å². The number of anilines is 1. The monoisotopic (exact) mass is 411 g/mol. The van der Waals surface area contributed by atoms with Gasteiger partial charge in [-0.3, -0.25) is 4.79 Å². The molecule has 29 heavy (non-hydrogen) atoms. The average Bonchev–Trinajstić information content (AvgIpc) is 3.32. The second kappa shape index (κ2) is 8.55. The Morgan fingerprint density at radius 2 is 2.10 bits per heavy atom. The van der Waals surface area contributed by atoms with Crippen LogP contribution in [0.5, 0.6) is 0 Å². The fourth-order valence-electron chi connectivity index (χ4n) is 3.31. The summed E-state index contributed by atoms with van der Waals surface area (Å²) in [5.41, 5.74) is 2.89. The fraction of sp³-hybridized carbons (Fsp3) is 0.286. The van der Waals surface area contributed by atoms with Crippen LogP contribution in [0.3, 0.4) is 0 Å². The molecule has 1 aliphatic rings. The highest BCUT2D eigenvalue weighted by atomic mass is 32.1. The Morgan fingerprint density at radius 3 is 2.90 bits per heavy atom. The number of hydrogen-bond donors (Lipinski definition) is 1. The maximum atomic E-state index is 13.0. The van der Waals surface area contributed by atoms with Crippen LogP contribution in [0.4, 0.5) is 9.39 Å². The molecule has 0 saturated carbocycles. The second-order valence-corrected chi connectivity index (χ2v) is 7.86. The van der Waals surface area contributed by atoms with Crippen molar-refractivity contribution in [1.82, 2.24) is 5.16 Å². The summed E-state index contributed by atoms with van der Waals surface area (Å²) in [6.07, 6.45) is 4.05. The van der Waals surface area contributed by atoms with Crippen LogP contribution >= 0.6 is 11.3 Å². The molecule has 0 fully saturated rings. The molecule has 1 aromatic carbocycles. The molecule has 3 aromatic rings. The first-order valence-corrected chi connectivity index (χ1v) is 10.1. The van der Waals surface area contributed by atoms with Crippen LogP contribution in [0.15, 0.2) is 34.9 Å². The molecule has 1 aliphatic carbocycles. The Labute approximate surface area is 170 Å². The Morgan fingerprint density at radius 1 is 1.31 bits per heavy atom. The van der Waals surface area contributed by atoms with Crippen LogP contribution in [0, 0.1) is 17.1 Å². The van der Waals surface area contributed by atoms with Gasteiger partial charge in [-0.1, -0.05) is 5.16 Å². The van der Waals surface area contributed by atoms with Crippen molar-refractivity contribution in [1.29, 1.82) is 5.26 Å². The molecule has 1 N–H and O–H groups in total. The molecule has 2 aromatic heterocycles. The number of fused-ring (bicyclic) bond motifs is 1. The largest absolute Gasteiger partial charge is 0.365 e. The highest BCUT2D eigenvalue weighted by Gasteiger charge is 2.21. The molecule has 0 radical (unpaired) electrons. The summed E-state index contributed by atoms with van der Waals surface area (Å²) in [4.78, 5) is 13.4. The first-order valence-electron chi connectivity index (χ1n) is 9.28. The van der Waals surface area contributed by atoms with Gasteiger partial charge in [-0.2, -0.15) is 5.26 Å². The summed E-state index contributed by atoms with van der Waals surface area (Å²) in [6.45, 7) is -0.0592. The minimum atomic E-state index is -0.325. The van der Waals surface area contributed by atoms with Gasteiger partial charge in [0.25, 0.3) is 5.91 Å². The zero-order chi connectivity index (χ0) is 20.2. The molecule has 148 valence electrons. The van der Waals surface area contributed by atoms with E-state index in [-0.39, 0.29) is 24.9 Å². The predicted octanol–water partition coefficient (Wildman–Crippen LogP) is 4.45. The molecule has 0 saturated heterocycles. The lowest BCUT2D eigenvalue weighted by molar-refractivity contribution is -0.121. The molecular formula is C21H18FN3O3S. The van der Waals surface area contributed by atoms with Crippen LogP contribution in [-0.4, -0.2) is 17.7 Å². The van der Waals surface area contributed by atoms with Crippen LogP contribution in [0.25, 0.3) is 11.3 Å². The third-order valence-corrected chi connectivity index (χ3v) is 5.91. The molecule has 6 nitrogen and oxygen atoms in total. The Bertz CT molecular complexity index is 1070. The highest BCUT2D eigenvalue weighted by Crippen LogP contribution is 2.37. The summed E-state index contributed by atoms with van der Waals surface area (Å²) in [7, 11) is 0. The number of nitriles is 1. The number of thiophene rings is 1. The van der Waals surface area contributed by atoms with Crippen molar-refractivity contribution in [3.8, 4) is 17.4 Å². The molecule has 4 rings (SSSR count). The molecule has 0 unspecified atom stereocenters. The van der Waals surface area contributed by atoms with Gasteiger partial charge in [0.05, 0.1) is 12.2 Å². The summed E-state index contributed by atoms with van der Waals surface area (Å²) >= 11 is 1.48. The Hall–Kier alpha value is -3.02. The van der Waals surface area contributed by atoms with Crippen molar-refractivity contribution in [3.05, 3.63) is 57.8 Å². The zero-order valence-electron chi connectivity index (χ0n) is 15.5. The van der Waals surface area contributed by atoms with Crippen LogP contribution in [0.2, 0.25) is 0 Å². The lowest BCUT2D eigenvalue weighted by Gasteiger charge is -2.09. The van der Waals surface area contributed by atoms with E-state index in [1.807, 2.05) is 0 Å². The molecule has 0 atom stereocenters. The number of carbonyl (C=O) groups is 1. The minimum Gasteiger partial charge on any atom is -0.365 e. The van der Waals surface area contributed by atoms with Gasteiger partial charge in [0.1, 0.15) is 29.2 Å².